The van der Waals surface area contributed by atoms with Gasteiger partial charge in [0.15, 0.2) is 5.03 Å². The van der Waals surface area contributed by atoms with Crippen LogP contribution in [-0.4, -0.2) is 31.7 Å². The van der Waals surface area contributed by atoms with E-state index in [1.54, 1.807) is 11.8 Å². The highest BCUT2D eigenvalue weighted by molar-refractivity contribution is 7.99. The molecule has 1 aromatic rings. The van der Waals surface area contributed by atoms with Gasteiger partial charge in [0.25, 0.3) is 0 Å². The molecular weight excluding hydrogens is 298 g/mol. The lowest BCUT2D eigenvalue weighted by Crippen LogP contribution is -2.23. The predicted molar refractivity (Wildman–Crippen MR) is 86.1 cm³/mol. The summed E-state index contributed by atoms with van der Waals surface area (Å²) in [5.41, 5.74) is 0.0656. The Morgan fingerprint density at radius 3 is 2.23 bits per heavy atom. The molecule has 0 aromatic carbocycles. The molecule has 2 saturated carbocycles. The van der Waals surface area contributed by atoms with Crippen molar-refractivity contribution >= 4 is 17.7 Å². The number of hydrogen-bond acceptors (Lipinski definition) is 4. The average molecular weight is 323 g/mol. The molecule has 0 radical (unpaired) electrons. The van der Waals surface area contributed by atoms with Crippen molar-refractivity contribution in [3.63, 3.8) is 0 Å². The van der Waals surface area contributed by atoms with E-state index >= 15 is 0 Å². The minimum atomic E-state index is -0.997. The molecule has 5 nitrogen and oxygen atoms in total. The molecule has 6 heteroatoms. The zero-order valence-corrected chi connectivity index (χ0v) is 13.8. The summed E-state index contributed by atoms with van der Waals surface area (Å²) in [6.45, 7) is 0. The fourth-order valence-electron chi connectivity index (χ4n) is 4.06. The molecule has 2 fully saturated rings. The van der Waals surface area contributed by atoms with Crippen LogP contribution in [0.15, 0.2) is 5.03 Å². The predicted octanol–water partition coefficient (Wildman–Crippen LogP) is 4.12. The first-order valence-corrected chi connectivity index (χ1v) is 9.42. The summed E-state index contributed by atoms with van der Waals surface area (Å²) in [6.07, 6.45) is 13.5. The zero-order valence-electron chi connectivity index (χ0n) is 13.0. The molecule has 2 N–H and O–H groups in total. The van der Waals surface area contributed by atoms with Gasteiger partial charge in [0.05, 0.1) is 0 Å². The van der Waals surface area contributed by atoms with Gasteiger partial charge in [0.1, 0.15) is 0 Å². The van der Waals surface area contributed by atoms with Crippen LogP contribution in [0.25, 0.3) is 0 Å². The molecule has 0 unspecified atom stereocenters. The number of carboxylic acid groups (broad SMARTS) is 1. The number of aromatic nitrogens is 3. The largest absolute Gasteiger partial charge is 0.476 e. The molecule has 0 spiro atoms. The van der Waals surface area contributed by atoms with Crippen LogP contribution >= 0.6 is 11.8 Å². The molecule has 1 aromatic heterocycles. The molecule has 0 amide bonds. The maximum Gasteiger partial charge on any atom is 0.359 e. The number of thioether (sulfide) groups is 1. The number of carbonyl (C=O) groups is 1. The Morgan fingerprint density at radius 2 is 1.59 bits per heavy atom. The Hall–Kier alpha value is -1.04. The van der Waals surface area contributed by atoms with Gasteiger partial charge >= 0.3 is 5.97 Å². The minimum absolute atomic E-state index is 0.0656. The summed E-state index contributed by atoms with van der Waals surface area (Å²) in [6, 6.07) is 0. The lowest BCUT2D eigenvalue weighted by molar-refractivity contribution is 0.0686. The van der Waals surface area contributed by atoms with Crippen LogP contribution in [0.2, 0.25) is 0 Å². The third-order valence-corrected chi connectivity index (χ3v) is 6.59. The lowest BCUT2D eigenvalue weighted by Gasteiger charge is -2.33. The number of rotatable bonds is 4. The average Bonchev–Trinajstić information content (AvgIpc) is 2.81. The normalized spacial score (nSPS) is 27.5. The Kier molecular flexibility index (Phi) is 5.39. The number of H-pyrrole nitrogens is 1. The number of carboxylic acids is 1. The van der Waals surface area contributed by atoms with Crippen LogP contribution in [0, 0.1) is 11.8 Å². The van der Waals surface area contributed by atoms with Crippen LogP contribution in [-0.2, 0) is 0 Å². The molecule has 122 valence electrons. The number of aromatic amines is 1. The number of hydrogen-bond donors (Lipinski definition) is 2. The van der Waals surface area contributed by atoms with E-state index in [0.29, 0.717) is 10.3 Å². The van der Waals surface area contributed by atoms with Crippen LogP contribution in [0.1, 0.15) is 74.7 Å². The highest BCUT2D eigenvalue weighted by atomic mass is 32.2. The molecule has 3 rings (SSSR count). The monoisotopic (exact) mass is 323 g/mol. The summed E-state index contributed by atoms with van der Waals surface area (Å²) in [7, 11) is 0. The summed E-state index contributed by atoms with van der Waals surface area (Å²) >= 11 is 1.59. The summed E-state index contributed by atoms with van der Waals surface area (Å²) in [4.78, 5) is 11.1. The standard InChI is InChI=1S/C16H25N3O2S/c20-16(21)14-15(18-19-17-14)22-13-9-7-12(8-10-13)11-5-3-1-2-4-6-11/h11-13H,1-10H2,(H,20,21)(H,17,18,19). The lowest BCUT2D eigenvalue weighted by atomic mass is 9.76. The van der Waals surface area contributed by atoms with E-state index in [2.05, 4.69) is 15.4 Å². The van der Waals surface area contributed by atoms with Crippen LogP contribution < -0.4 is 0 Å². The highest BCUT2D eigenvalue weighted by Crippen LogP contribution is 2.41. The van der Waals surface area contributed by atoms with E-state index in [4.69, 9.17) is 5.11 Å². The highest BCUT2D eigenvalue weighted by Gasteiger charge is 2.29. The molecule has 0 atom stereocenters. The van der Waals surface area contributed by atoms with Crippen molar-refractivity contribution < 1.29 is 9.90 Å². The second-order valence-corrected chi connectivity index (χ2v) is 7.98. The van der Waals surface area contributed by atoms with Gasteiger partial charge in [0, 0.05) is 5.25 Å². The van der Waals surface area contributed by atoms with Gasteiger partial charge in [-0.25, -0.2) is 4.79 Å². The van der Waals surface area contributed by atoms with Gasteiger partial charge in [-0.15, -0.1) is 10.2 Å². The Labute approximate surface area is 135 Å². The zero-order chi connectivity index (χ0) is 15.4. The van der Waals surface area contributed by atoms with Crippen molar-refractivity contribution in [3.8, 4) is 0 Å². The molecular formula is C16H25N3O2S. The second kappa shape index (κ2) is 7.49. The number of aromatic carboxylic acids is 1. The van der Waals surface area contributed by atoms with Crippen LogP contribution in [0.3, 0.4) is 0 Å². The van der Waals surface area contributed by atoms with Crippen molar-refractivity contribution in [2.45, 2.75) is 74.5 Å². The molecule has 2 aliphatic carbocycles. The van der Waals surface area contributed by atoms with Crippen molar-refractivity contribution in [1.29, 1.82) is 0 Å². The van der Waals surface area contributed by atoms with Crippen LogP contribution in [0.5, 0.6) is 0 Å². The smallest absolute Gasteiger partial charge is 0.359 e. The number of nitrogens with zero attached hydrogens (tertiary/aromatic N) is 2. The summed E-state index contributed by atoms with van der Waals surface area (Å²) in [5, 5.41) is 20.3. The van der Waals surface area contributed by atoms with E-state index in [0.717, 1.165) is 11.8 Å². The fourth-order valence-corrected chi connectivity index (χ4v) is 5.22. The summed E-state index contributed by atoms with van der Waals surface area (Å²) in [5.74, 6) is 0.838. The molecule has 0 bridgehead atoms. The van der Waals surface area contributed by atoms with E-state index in [1.807, 2.05) is 0 Å². The molecule has 0 aliphatic heterocycles. The SMILES string of the molecule is O=C(O)c1n[nH]nc1SC1CCC(C2CCCCCC2)CC1. The van der Waals surface area contributed by atoms with E-state index in [-0.39, 0.29) is 5.69 Å². The number of nitrogens with one attached hydrogen (secondary N) is 1. The first kappa shape index (κ1) is 15.8. The molecule has 0 saturated heterocycles. The van der Waals surface area contributed by atoms with E-state index < -0.39 is 5.97 Å². The van der Waals surface area contributed by atoms with Gasteiger partial charge in [-0.3, -0.25) is 0 Å². The van der Waals surface area contributed by atoms with E-state index in [1.165, 1.54) is 64.2 Å². The van der Waals surface area contributed by atoms with Crippen molar-refractivity contribution in [1.82, 2.24) is 15.4 Å². The Balaban J connectivity index is 1.51. The van der Waals surface area contributed by atoms with Gasteiger partial charge in [-0.05, 0) is 37.5 Å². The first-order valence-electron chi connectivity index (χ1n) is 8.54. The third kappa shape index (κ3) is 3.83. The van der Waals surface area contributed by atoms with E-state index in [9.17, 15) is 4.79 Å². The maximum atomic E-state index is 11.1. The van der Waals surface area contributed by atoms with Crippen molar-refractivity contribution in [2.24, 2.45) is 11.8 Å². The topological polar surface area (TPSA) is 78.9 Å². The maximum absolute atomic E-state index is 11.1. The van der Waals surface area contributed by atoms with Crippen molar-refractivity contribution in [3.05, 3.63) is 5.69 Å². The fraction of sp³-hybridized carbons (Fsp3) is 0.812. The first-order chi connectivity index (χ1) is 10.7. The Bertz CT molecular complexity index is 489. The third-order valence-electron chi connectivity index (χ3n) is 5.28. The Morgan fingerprint density at radius 1 is 0.955 bits per heavy atom. The van der Waals surface area contributed by atoms with Gasteiger partial charge < -0.3 is 5.11 Å². The van der Waals surface area contributed by atoms with Gasteiger partial charge in [-0.2, -0.15) is 5.21 Å². The molecule has 2 aliphatic rings. The second-order valence-electron chi connectivity index (χ2n) is 6.69. The molecule has 22 heavy (non-hydrogen) atoms. The molecule has 1 heterocycles. The van der Waals surface area contributed by atoms with Crippen molar-refractivity contribution in [2.75, 3.05) is 0 Å². The van der Waals surface area contributed by atoms with Crippen LogP contribution in [0.4, 0.5) is 0 Å². The summed E-state index contributed by atoms with van der Waals surface area (Å²) < 4.78 is 0. The quantitative estimate of drug-likeness (QED) is 0.815. The van der Waals surface area contributed by atoms with Gasteiger partial charge in [0.2, 0.25) is 5.69 Å². The van der Waals surface area contributed by atoms with Gasteiger partial charge in [-0.1, -0.05) is 50.3 Å². The minimum Gasteiger partial charge on any atom is -0.476 e.